The van der Waals surface area contributed by atoms with E-state index in [0.29, 0.717) is 10.5 Å². The highest BCUT2D eigenvalue weighted by molar-refractivity contribution is 8.00. The molecule has 1 nitrogen and oxygen atoms in total. The van der Waals surface area contributed by atoms with Crippen LogP contribution in [0.25, 0.3) is 10.8 Å². The quantitative estimate of drug-likeness (QED) is 0.833. The maximum atomic E-state index is 11.3. The van der Waals surface area contributed by atoms with Crippen LogP contribution in [0, 0.1) is 0 Å². The van der Waals surface area contributed by atoms with Gasteiger partial charge in [0.1, 0.15) is 0 Å². The summed E-state index contributed by atoms with van der Waals surface area (Å²) in [6.45, 7) is 0. The Morgan fingerprint density at radius 1 is 0.950 bits per heavy atom. The molecule has 2 saturated heterocycles. The summed E-state index contributed by atoms with van der Waals surface area (Å²) in [7, 11) is 0. The summed E-state index contributed by atoms with van der Waals surface area (Å²) in [5.41, 5.74) is 0.523. The van der Waals surface area contributed by atoms with Gasteiger partial charge in [-0.05, 0) is 42.0 Å². The highest BCUT2D eigenvalue weighted by Gasteiger charge is 2.43. The van der Waals surface area contributed by atoms with Gasteiger partial charge >= 0.3 is 0 Å². The normalized spacial score (nSPS) is 33.2. The highest BCUT2D eigenvalue weighted by atomic mass is 32.2. The molecule has 0 amide bonds. The Morgan fingerprint density at radius 3 is 2.45 bits per heavy atom. The molecule has 2 heterocycles. The van der Waals surface area contributed by atoms with Crippen LogP contribution in [0.15, 0.2) is 42.5 Å². The molecule has 2 aliphatic rings. The first-order valence-corrected chi connectivity index (χ1v) is 8.55. The third-order valence-electron chi connectivity index (χ3n) is 4.86. The fraction of sp³-hybridized carbons (Fsp3) is 0.444. The van der Waals surface area contributed by atoms with Crippen LogP contribution in [0.5, 0.6) is 0 Å². The molecule has 20 heavy (non-hydrogen) atoms. The number of aliphatic hydroxyl groups is 1. The van der Waals surface area contributed by atoms with Crippen LogP contribution in [-0.4, -0.2) is 15.6 Å². The largest absolute Gasteiger partial charge is 0.385 e. The molecule has 0 aliphatic carbocycles. The molecule has 2 bridgehead atoms. The van der Waals surface area contributed by atoms with Crippen molar-refractivity contribution in [3.63, 3.8) is 0 Å². The van der Waals surface area contributed by atoms with Gasteiger partial charge in [-0.15, -0.1) is 0 Å². The van der Waals surface area contributed by atoms with E-state index in [4.69, 9.17) is 0 Å². The van der Waals surface area contributed by atoms with Gasteiger partial charge in [0.15, 0.2) is 0 Å². The first-order chi connectivity index (χ1) is 9.74. The van der Waals surface area contributed by atoms with Crippen LogP contribution in [0.1, 0.15) is 37.7 Å². The molecule has 0 aromatic heterocycles. The summed E-state index contributed by atoms with van der Waals surface area (Å²) in [5, 5.41) is 15.1. The molecule has 2 unspecified atom stereocenters. The van der Waals surface area contributed by atoms with Gasteiger partial charge in [0.05, 0.1) is 5.60 Å². The Kier molecular flexibility index (Phi) is 3.04. The van der Waals surface area contributed by atoms with Crippen LogP contribution >= 0.6 is 11.8 Å². The van der Waals surface area contributed by atoms with Crippen LogP contribution in [0.3, 0.4) is 0 Å². The summed E-state index contributed by atoms with van der Waals surface area (Å²) in [4.78, 5) is 0. The molecule has 2 aromatic carbocycles. The van der Waals surface area contributed by atoms with Crippen molar-refractivity contribution in [2.75, 3.05) is 0 Å². The van der Waals surface area contributed by atoms with Crippen molar-refractivity contribution in [3.8, 4) is 0 Å². The molecule has 2 aromatic rings. The standard InChI is InChI=1S/C18H20OS/c19-18(11-14-7-4-8-15(12-18)20-14)17-10-3-6-13-5-1-2-9-16(13)17/h1-3,5-6,9-10,14-15,19H,4,7-8,11-12H2. The van der Waals surface area contributed by atoms with E-state index >= 15 is 0 Å². The van der Waals surface area contributed by atoms with E-state index in [1.54, 1.807) is 0 Å². The second kappa shape index (κ2) is 4.78. The Morgan fingerprint density at radius 2 is 1.65 bits per heavy atom. The number of hydrogen-bond acceptors (Lipinski definition) is 2. The van der Waals surface area contributed by atoms with Gasteiger partial charge in [-0.3, -0.25) is 0 Å². The third kappa shape index (κ3) is 2.06. The van der Waals surface area contributed by atoms with Crippen LogP contribution in [-0.2, 0) is 5.60 Å². The predicted molar refractivity (Wildman–Crippen MR) is 86.1 cm³/mol. The number of benzene rings is 2. The van der Waals surface area contributed by atoms with E-state index in [1.807, 2.05) is 0 Å². The second-order valence-corrected chi connectivity index (χ2v) is 7.88. The van der Waals surface area contributed by atoms with E-state index in [1.165, 1.54) is 30.0 Å². The minimum absolute atomic E-state index is 0.623. The van der Waals surface area contributed by atoms with Crippen LogP contribution in [0.4, 0.5) is 0 Å². The zero-order chi connectivity index (χ0) is 13.6. The van der Waals surface area contributed by atoms with Crippen molar-refractivity contribution in [2.45, 2.75) is 48.2 Å². The monoisotopic (exact) mass is 284 g/mol. The molecule has 104 valence electrons. The van der Waals surface area contributed by atoms with E-state index in [-0.39, 0.29) is 0 Å². The van der Waals surface area contributed by atoms with Crippen molar-refractivity contribution in [1.82, 2.24) is 0 Å². The van der Waals surface area contributed by atoms with Gasteiger partial charge in [0.25, 0.3) is 0 Å². The number of rotatable bonds is 1. The zero-order valence-electron chi connectivity index (χ0n) is 11.6. The molecule has 2 atom stereocenters. The van der Waals surface area contributed by atoms with E-state index in [2.05, 4.69) is 54.2 Å². The minimum atomic E-state index is -0.623. The van der Waals surface area contributed by atoms with Crippen molar-refractivity contribution in [1.29, 1.82) is 0 Å². The molecular formula is C18H20OS. The van der Waals surface area contributed by atoms with Gasteiger partial charge in [-0.2, -0.15) is 11.8 Å². The highest BCUT2D eigenvalue weighted by Crippen LogP contribution is 2.50. The van der Waals surface area contributed by atoms with Gasteiger partial charge in [-0.25, -0.2) is 0 Å². The van der Waals surface area contributed by atoms with Gasteiger partial charge < -0.3 is 5.11 Å². The van der Waals surface area contributed by atoms with Gasteiger partial charge in [0.2, 0.25) is 0 Å². The summed E-state index contributed by atoms with van der Waals surface area (Å²) < 4.78 is 0. The predicted octanol–water partition coefficient (Wildman–Crippen LogP) is 4.48. The summed E-state index contributed by atoms with van der Waals surface area (Å²) in [6, 6.07) is 14.8. The zero-order valence-corrected chi connectivity index (χ0v) is 12.4. The summed E-state index contributed by atoms with van der Waals surface area (Å²) >= 11 is 2.12. The van der Waals surface area contributed by atoms with Crippen molar-refractivity contribution < 1.29 is 5.11 Å². The average Bonchev–Trinajstić information content (AvgIpc) is 2.46. The molecule has 1 N–H and O–H groups in total. The molecule has 0 radical (unpaired) electrons. The number of hydrogen-bond donors (Lipinski definition) is 1. The lowest BCUT2D eigenvalue weighted by Gasteiger charge is -2.44. The second-order valence-electron chi connectivity index (χ2n) is 6.28. The molecule has 4 rings (SSSR count). The molecule has 2 aliphatic heterocycles. The Bertz CT molecular complexity index is 619. The summed E-state index contributed by atoms with van der Waals surface area (Å²) in [5.74, 6) is 0. The van der Waals surface area contributed by atoms with Gasteiger partial charge in [-0.1, -0.05) is 48.9 Å². The SMILES string of the molecule is OC1(c2cccc3ccccc23)CC2CCCC(C1)S2. The number of fused-ring (bicyclic) bond motifs is 3. The first-order valence-electron chi connectivity index (χ1n) is 7.61. The topological polar surface area (TPSA) is 20.2 Å². The lowest BCUT2D eigenvalue weighted by Crippen LogP contribution is -2.40. The van der Waals surface area contributed by atoms with E-state index in [0.717, 1.165) is 18.4 Å². The third-order valence-corrected chi connectivity index (χ3v) is 6.43. The molecular weight excluding hydrogens is 264 g/mol. The van der Waals surface area contributed by atoms with E-state index in [9.17, 15) is 5.11 Å². The molecule has 0 spiro atoms. The maximum absolute atomic E-state index is 11.3. The molecule has 0 saturated carbocycles. The van der Waals surface area contributed by atoms with E-state index < -0.39 is 5.60 Å². The van der Waals surface area contributed by atoms with Crippen molar-refractivity contribution in [2.24, 2.45) is 0 Å². The van der Waals surface area contributed by atoms with Crippen LogP contribution in [0.2, 0.25) is 0 Å². The first kappa shape index (κ1) is 12.7. The Labute approximate surface area is 124 Å². The van der Waals surface area contributed by atoms with Gasteiger partial charge in [0, 0.05) is 10.5 Å². The van der Waals surface area contributed by atoms with Crippen molar-refractivity contribution >= 4 is 22.5 Å². The Balaban J connectivity index is 1.81. The smallest absolute Gasteiger partial charge is 0.0923 e. The number of thioether (sulfide) groups is 1. The minimum Gasteiger partial charge on any atom is -0.385 e. The lowest BCUT2D eigenvalue weighted by atomic mass is 9.79. The fourth-order valence-electron chi connectivity index (χ4n) is 3.97. The van der Waals surface area contributed by atoms with Crippen molar-refractivity contribution in [3.05, 3.63) is 48.0 Å². The molecule has 2 heteroatoms. The fourth-order valence-corrected chi connectivity index (χ4v) is 5.86. The maximum Gasteiger partial charge on any atom is 0.0923 e. The van der Waals surface area contributed by atoms with Crippen LogP contribution < -0.4 is 0 Å². The Hall–Kier alpha value is -0.990. The average molecular weight is 284 g/mol. The lowest BCUT2D eigenvalue weighted by molar-refractivity contribution is 0.00954. The molecule has 2 fully saturated rings. The summed E-state index contributed by atoms with van der Waals surface area (Å²) in [6.07, 6.45) is 5.72.